The van der Waals surface area contributed by atoms with Gasteiger partial charge >= 0.3 is 6.18 Å². The average Bonchev–Trinajstić information content (AvgIpc) is 3.31. The lowest BCUT2D eigenvalue weighted by molar-refractivity contribution is -0.139. The van der Waals surface area contributed by atoms with Crippen molar-refractivity contribution in [3.63, 3.8) is 0 Å². The van der Waals surface area contributed by atoms with Crippen LogP contribution in [0.1, 0.15) is 40.2 Å². The Kier molecular flexibility index (Phi) is 7.38. The highest BCUT2D eigenvalue weighted by atomic mass is 35.5. The topological polar surface area (TPSA) is 111 Å². The fourth-order valence-electron chi connectivity index (χ4n) is 4.47. The summed E-state index contributed by atoms with van der Waals surface area (Å²) in [6.45, 7) is 5.63. The van der Waals surface area contributed by atoms with Crippen molar-refractivity contribution < 1.29 is 27.8 Å². The van der Waals surface area contributed by atoms with Gasteiger partial charge in [0.2, 0.25) is 5.95 Å². The predicted octanol–water partition coefficient (Wildman–Crippen LogP) is 6.35. The van der Waals surface area contributed by atoms with Crippen LogP contribution in [0, 0.1) is 12.3 Å². The molecule has 5 rings (SSSR count). The van der Waals surface area contributed by atoms with Crippen LogP contribution in [0.3, 0.4) is 0 Å². The second kappa shape index (κ2) is 10.6. The first-order chi connectivity index (χ1) is 18.9. The third kappa shape index (κ3) is 5.72. The molecular formula is C28H27ClF3N5O3. The Labute approximate surface area is 232 Å². The second-order valence-electron chi connectivity index (χ2n) is 10.2. The Bertz CT molecular complexity index is 1570. The predicted molar refractivity (Wildman–Crippen MR) is 148 cm³/mol. The fraction of sp³-hybridized carbons (Fsp3) is 0.286. The van der Waals surface area contributed by atoms with Crippen molar-refractivity contribution >= 4 is 45.9 Å². The number of hydrogen-bond donors (Lipinski definition) is 5. The minimum absolute atomic E-state index is 0.0496. The van der Waals surface area contributed by atoms with Gasteiger partial charge in [-0.25, -0.2) is 4.98 Å². The summed E-state index contributed by atoms with van der Waals surface area (Å²) < 4.78 is 46.0. The van der Waals surface area contributed by atoms with Crippen molar-refractivity contribution in [2.24, 2.45) is 5.41 Å². The summed E-state index contributed by atoms with van der Waals surface area (Å²) >= 11 is 6.21. The molecule has 1 saturated heterocycles. The number of aromatic amines is 1. The number of carbonyl (C=O) groups excluding carboxylic acids is 1. The maximum absolute atomic E-state index is 13.6. The lowest BCUT2D eigenvalue weighted by atomic mass is 9.89. The number of H-pyrrole nitrogens is 1. The van der Waals surface area contributed by atoms with E-state index >= 15 is 0 Å². The molecule has 1 aliphatic rings. The summed E-state index contributed by atoms with van der Waals surface area (Å²) in [5.41, 5.74) is 0.921. The van der Waals surface area contributed by atoms with Crippen LogP contribution >= 0.6 is 11.6 Å². The van der Waals surface area contributed by atoms with Gasteiger partial charge in [0, 0.05) is 33.9 Å². The number of benzene rings is 3. The lowest BCUT2D eigenvalue weighted by Gasteiger charge is -2.37. The zero-order chi connectivity index (χ0) is 28.7. The van der Waals surface area contributed by atoms with E-state index in [0.717, 1.165) is 6.07 Å². The quantitative estimate of drug-likeness (QED) is 0.157. The summed E-state index contributed by atoms with van der Waals surface area (Å²) in [4.78, 5) is 21.2. The molecule has 40 heavy (non-hydrogen) atoms. The molecule has 1 aromatic heterocycles. The summed E-state index contributed by atoms with van der Waals surface area (Å²) in [5.74, 6) is -0.0992. The Morgan fingerprint density at radius 1 is 1.20 bits per heavy atom. The number of nitrogens with zero attached hydrogens (tertiary/aromatic N) is 1. The number of halogens is 4. The Morgan fingerprint density at radius 3 is 2.65 bits per heavy atom. The maximum atomic E-state index is 13.6. The van der Waals surface area contributed by atoms with Crippen LogP contribution < -0.4 is 16.0 Å². The standard InChI is InChI=1S/C28H27ClF3N5O3/c1-15-20(29)8-5-9-21(15)35-25(39)18-10-16(34-24(38)17-6-3-4-7-19(17)28(30,31)32)11-22-23(18)37-26(36-22)33-12-27(2)13-40-14-27/h3-11,24,34,38H,12-14H2,1-2H3,(H,35,39)(H2,33,36,37). The lowest BCUT2D eigenvalue weighted by Crippen LogP contribution is -2.45. The zero-order valence-corrected chi connectivity index (χ0v) is 22.4. The molecule has 0 spiro atoms. The number of fused-ring (bicyclic) bond motifs is 1. The first-order valence-corrected chi connectivity index (χ1v) is 12.8. The summed E-state index contributed by atoms with van der Waals surface area (Å²) in [5, 5.41) is 20.0. The molecule has 4 aromatic rings. The summed E-state index contributed by atoms with van der Waals surface area (Å²) in [6.07, 6.45) is -6.37. The third-order valence-electron chi connectivity index (χ3n) is 6.79. The van der Waals surface area contributed by atoms with E-state index in [0.29, 0.717) is 53.0 Å². The molecule has 8 nitrogen and oxygen atoms in total. The molecule has 1 aliphatic heterocycles. The van der Waals surface area contributed by atoms with E-state index in [1.165, 1.54) is 24.3 Å². The molecule has 12 heteroatoms. The monoisotopic (exact) mass is 573 g/mol. The number of aromatic nitrogens is 2. The Morgan fingerprint density at radius 2 is 1.95 bits per heavy atom. The molecule has 0 saturated carbocycles. The van der Waals surface area contributed by atoms with E-state index < -0.39 is 23.9 Å². The van der Waals surface area contributed by atoms with Crippen LogP contribution in [0.2, 0.25) is 5.02 Å². The smallest absolute Gasteiger partial charge is 0.380 e. The van der Waals surface area contributed by atoms with Gasteiger partial charge in [-0.2, -0.15) is 13.2 Å². The normalized spacial score (nSPS) is 15.4. The van der Waals surface area contributed by atoms with Gasteiger partial charge in [-0.3, -0.25) is 4.79 Å². The average molecular weight is 574 g/mol. The number of aliphatic hydroxyl groups excluding tert-OH is 1. The number of imidazole rings is 1. The Hall–Kier alpha value is -3.80. The molecule has 1 amide bonds. The van der Waals surface area contributed by atoms with E-state index in [4.69, 9.17) is 16.3 Å². The minimum atomic E-state index is -4.66. The number of amides is 1. The van der Waals surface area contributed by atoms with Crippen molar-refractivity contribution in [2.45, 2.75) is 26.3 Å². The number of rotatable bonds is 8. The van der Waals surface area contributed by atoms with Crippen molar-refractivity contribution in [3.8, 4) is 0 Å². The molecule has 1 atom stereocenters. The second-order valence-corrected chi connectivity index (χ2v) is 10.6. The molecule has 0 bridgehead atoms. The minimum Gasteiger partial charge on any atom is -0.380 e. The highest BCUT2D eigenvalue weighted by Gasteiger charge is 2.35. The number of alkyl halides is 3. The molecular weight excluding hydrogens is 547 g/mol. The van der Waals surface area contributed by atoms with Crippen molar-refractivity contribution in [3.05, 3.63) is 81.9 Å². The van der Waals surface area contributed by atoms with Gasteiger partial charge in [-0.15, -0.1) is 0 Å². The van der Waals surface area contributed by atoms with Crippen molar-refractivity contribution in [2.75, 3.05) is 35.7 Å². The van der Waals surface area contributed by atoms with E-state index in [9.17, 15) is 23.1 Å². The number of anilines is 3. The zero-order valence-electron chi connectivity index (χ0n) is 21.6. The largest absolute Gasteiger partial charge is 0.416 e. The third-order valence-corrected chi connectivity index (χ3v) is 7.20. The summed E-state index contributed by atoms with van der Waals surface area (Å²) in [7, 11) is 0. The number of nitrogens with one attached hydrogen (secondary N) is 4. The first kappa shape index (κ1) is 27.8. The van der Waals surface area contributed by atoms with Gasteiger partial charge in [0.15, 0.2) is 6.23 Å². The van der Waals surface area contributed by atoms with E-state index in [-0.39, 0.29) is 22.2 Å². The molecule has 0 radical (unpaired) electrons. The van der Waals surface area contributed by atoms with Crippen molar-refractivity contribution in [1.29, 1.82) is 0 Å². The maximum Gasteiger partial charge on any atom is 0.416 e. The SMILES string of the molecule is Cc1c(Cl)cccc1NC(=O)c1cc(NC(O)c2ccccc2C(F)(F)F)cc2[nH]c(NCC3(C)COC3)nc12. The van der Waals surface area contributed by atoms with Crippen LogP contribution in [0.15, 0.2) is 54.6 Å². The Balaban J connectivity index is 1.50. The first-order valence-electron chi connectivity index (χ1n) is 12.5. The molecule has 1 unspecified atom stereocenters. The molecule has 1 fully saturated rings. The number of aliphatic hydroxyl groups is 1. The van der Waals surface area contributed by atoms with E-state index in [1.54, 1.807) is 31.2 Å². The van der Waals surface area contributed by atoms with Gasteiger partial charge in [0.1, 0.15) is 5.52 Å². The van der Waals surface area contributed by atoms with Gasteiger partial charge in [-0.05, 0) is 42.8 Å². The molecule has 2 heterocycles. The van der Waals surface area contributed by atoms with Crippen LogP contribution in [-0.2, 0) is 10.9 Å². The van der Waals surface area contributed by atoms with Gasteiger partial charge in [0.05, 0.1) is 29.9 Å². The van der Waals surface area contributed by atoms with Gasteiger partial charge in [-0.1, -0.05) is 42.8 Å². The van der Waals surface area contributed by atoms with Gasteiger partial charge in [0.25, 0.3) is 5.91 Å². The van der Waals surface area contributed by atoms with Crippen LogP contribution in [0.4, 0.5) is 30.5 Å². The molecule has 5 N–H and O–H groups in total. The van der Waals surface area contributed by atoms with Crippen LogP contribution in [0.5, 0.6) is 0 Å². The highest BCUT2D eigenvalue weighted by Crippen LogP contribution is 2.36. The molecule has 0 aliphatic carbocycles. The number of ether oxygens (including phenoxy) is 1. The number of carbonyl (C=O) groups is 1. The van der Waals surface area contributed by atoms with Gasteiger partial charge < -0.3 is 30.8 Å². The molecule has 210 valence electrons. The van der Waals surface area contributed by atoms with Crippen LogP contribution in [-0.4, -0.2) is 40.7 Å². The molecule has 3 aromatic carbocycles. The summed E-state index contributed by atoms with van der Waals surface area (Å²) in [6, 6.07) is 12.9. The van der Waals surface area contributed by atoms with Crippen molar-refractivity contribution in [1.82, 2.24) is 9.97 Å². The highest BCUT2D eigenvalue weighted by molar-refractivity contribution is 6.31. The van der Waals surface area contributed by atoms with Crippen LogP contribution in [0.25, 0.3) is 11.0 Å². The number of hydrogen-bond acceptors (Lipinski definition) is 6. The fourth-order valence-corrected chi connectivity index (χ4v) is 4.64. The van der Waals surface area contributed by atoms with E-state index in [1.807, 2.05) is 0 Å². The van der Waals surface area contributed by atoms with E-state index in [2.05, 4.69) is 32.8 Å².